The molecular formula is C11H27O5PSi. The van der Waals surface area contributed by atoms with Crippen molar-refractivity contribution in [2.75, 3.05) is 33.0 Å². The van der Waals surface area contributed by atoms with Crippen LogP contribution in [0, 0.1) is 0 Å². The van der Waals surface area contributed by atoms with E-state index in [2.05, 4.69) is 0 Å². The van der Waals surface area contributed by atoms with Crippen LogP contribution in [0.25, 0.3) is 0 Å². The van der Waals surface area contributed by atoms with Gasteiger partial charge in [-0.3, -0.25) is 0 Å². The lowest BCUT2D eigenvalue weighted by atomic mass is 10.7. The highest BCUT2D eigenvalue weighted by Gasteiger charge is 2.55. The summed E-state index contributed by atoms with van der Waals surface area (Å²) in [5.74, 6) is 0. The molecule has 110 valence electrons. The maximum atomic E-state index is 11.8. The average molecular weight is 298 g/mol. The van der Waals surface area contributed by atoms with Crippen molar-refractivity contribution >= 4 is 17.0 Å². The molecule has 0 radical (unpaired) electrons. The van der Waals surface area contributed by atoms with E-state index < -0.39 is 22.0 Å². The largest absolute Gasteiger partial charge is 0.393 e. The van der Waals surface area contributed by atoms with E-state index in [0.717, 1.165) is 0 Å². The zero-order valence-electron chi connectivity index (χ0n) is 12.2. The molecule has 0 aliphatic carbocycles. The van der Waals surface area contributed by atoms with Crippen molar-refractivity contribution in [3.63, 3.8) is 0 Å². The van der Waals surface area contributed by atoms with Crippen molar-refractivity contribution in [2.24, 2.45) is 0 Å². The van der Waals surface area contributed by atoms with E-state index in [0.29, 0.717) is 26.4 Å². The van der Waals surface area contributed by atoms with Gasteiger partial charge in [0.05, 0.1) is 15.1 Å². The molecule has 0 amide bonds. The molecule has 0 rings (SSSR count). The second-order valence-corrected chi connectivity index (χ2v) is 8.95. The highest BCUT2D eigenvalue weighted by atomic mass is 31.1. The van der Waals surface area contributed by atoms with E-state index >= 15 is 0 Å². The molecule has 0 aromatic heterocycles. The first-order chi connectivity index (χ1) is 8.55. The zero-order chi connectivity index (χ0) is 14.1. The second kappa shape index (κ2) is 9.23. The second-order valence-electron chi connectivity index (χ2n) is 3.89. The molecule has 18 heavy (non-hydrogen) atoms. The van der Waals surface area contributed by atoms with Crippen LogP contribution < -0.4 is 0 Å². The minimum absolute atomic E-state index is 0.263. The summed E-state index contributed by atoms with van der Waals surface area (Å²) < 4.78 is 34.6. The van der Waals surface area contributed by atoms with Gasteiger partial charge in [-0.25, -0.2) is 0 Å². The van der Waals surface area contributed by atoms with Crippen LogP contribution in [0.3, 0.4) is 0 Å². The van der Waals surface area contributed by atoms with E-state index in [-0.39, 0.29) is 6.61 Å². The van der Waals surface area contributed by atoms with Gasteiger partial charge in [0, 0.05) is 26.4 Å². The lowest BCUT2D eigenvalue weighted by Crippen LogP contribution is -2.61. The van der Waals surface area contributed by atoms with Gasteiger partial charge < -0.3 is 22.9 Å². The van der Waals surface area contributed by atoms with Gasteiger partial charge in [0.2, 0.25) is 0 Å². The van der Waals surface area contributed by atoms with E-state index in [1.807, 2.05) is 34.2 Å². The van der Waals surface area contributed by atoms with Gasteiger partial charge in [-0.2, -0.15) is 0 Å². The molecule has 5 nitrogen and oxygen atoms in total. The van der Waals surface area contributed by atoms with E-state index in [1.54, 1.807) is 0 Å². The highest BCUT2D eigenvalue weighted by Crippen LogP contribution is 2.37. The summed E-state index contributed by atoms with van der Waals surface area (Å²) in [7, 11) is -3.92. The summed E-state index contributed by atoms with van der Waals surface area (Å²) >= 11 is 0. The van der Waals surface area contributed by atoms with Crippen LogP contribution in [0.2, 0.25) is 6.55 Å². The molecule has 0 aliphatic rings. The predicted octanol–water partition coefficient (Wildman–Crippen LogP) is 2.20. The highest BCUT2D eigenvalue weighted by molar-refractivity contribution is 7.31. The van der Waals surface area contributed by atoms with E-state index in [4.69, 9.17) is 18.3 Å². The molecule has 0 saturated heterocycles. The van der Waals surface area contributed by atoms with Crippen LogP contribution in [0.4, 0.5) is 0 Å². The fourth-order valence-electron chi connectivity index (χ4n) is 1.83. The summed E-state index contributed by atoms with van der Waals surface area (Å²) in [4.78, 5) is -0.899. The van der Waals surface area contributed by atoms with Crippen molar-refractivity contribution in [2.45, 2.75) is 39.2 Å². The molecule has 2 atom stereocenters. The predicted molar refractivity (Wildman–Crippen MR) is 76.1 cm³/mol. The molecule has 0 fully saturated rings. The lowest BCUT2D eigenvalue weighted by molar-refractivity contribution is -0.0246. The molecule has 0 aromatic carbocycles. The minimum atomic E-state index is -2.71. The fourth-order valence-corrected chi connectivity index (χ4v) is 6.05. The zero-order valence-corrected chi connectivity index (χ0v) is 14.3. The Bertz CT molecular complexity index is 235. The van der Waals surface area contributed by atoms with Gasteiger partial charge in [-0.1, -0.05) is 0 Å². The Morgan fingerprint density at radius 2 is 1.56 bits per heavy atom. The Balaban J connectivity index is 5.22. The fraction of sp³-hybridized carbons (Fsp3) is 1.00. The third kappa shape index (κ3) is 4.44. The van der Waals surface area contributed by atoms with Crippen molar-refractivity contribution in [1.82, 2.24) is 0 Å². The molecule has 0 bridgehead atoms. The maximum Gasteiger partial charge on any atom is 0.377 e. The van der Waals surface area contributed by atoms with Gasteiger partial charge in [0.1, 0.15) is 0 Å². The van der Waals surface area contributed by atoms with Crippen LogP contribution >= 0.6 is 8.46 Å². The molecule has 0 heterocycles. The SMILES string of the molecule is CCOCC(OCC)([PH2]=O)[Si](C)(OCC)OCC. The molecule has 0 spiro atoms. The standard InChI is InChI=1S/C11H27O5PSi/c1-6-13-10-11(17-12,14-7-2)18(5,15-8-3)16-9-4/h6-10,17H2,1-5H3. The quantitative estimate of drug-likeness (QED) is 0.432. The van der Waals surface area contributed by atoms with E-state index in [1.165, 1.54) is 0 Å². The lowest BCUT2D eigenvalue weighted by Gasteiger charge is -2.40. The smallest absolute Gasteiger partial charge is 0.377 e. The topological polar surface area (TPSA) is 54.0 Å². The first kappa shape index (κ1) is 18.3. The average Bonchev–Trinajstić information content (AvgIpc) is 2.35. The Labute approximate surface area is 113 Å². The van der Waals surface area contributed by atoms with Gasteiger partial charge >= 0.3 is 8.56 Å². The molecule has 2 unspecified atom stereocenters. The molecule has 0 aliphatic heterocycles. The maximum absolute atomic E-state index is 11.8. The minimum Gasteiger partial charge on any atom is -0.393 e. The number of hydrogen-bond acceptors (Lipinski definition) is 5. The third-order valence-corrected chi connectivity index (χ3v) is 8.87. The number of ether oxygens (including phenoxy) is 2. The van der Waals surface area contributed by atoms with Crippen molar-refractivity contribution < 1.29 is 22.9 Å². The van der Waals surface area contributed by atoms with Crippen molar-refractivity contribution in [3.05, 3.63) is 0 Å². The van der Waals surface area contributed by atoms with Gasteiger partial charge in [-0.05, 0) is 34.2 Å². The van der Waals surface area contributed by atoms with Gasteiger partial charge in [-0.15, -0.1) is 0 Å². The van der Waals surface area contributed by atoms with Crippen LogP contribution in [0.5, 0.6) is 0 Å². The van der Waals surface area contributed by atoms with Crippen molar-refractivity contribution in [3.8, 4) is 0 Å². The summed E-state index contributed by atoms with van der Waals surface area (Å²) in [6, 6.07) is 0. The van der Waals surface area contributed by atoms with Gasteiger partial charge in [0.15, 0.2) is 4.97 Å². The Hall–Kier alpha value is 0.287. The number of rotatable bonds is 11. The normalized spacial score (nSPS) is 16.3. The summed E-state index contributed by atoms with van der Waals surface area (Å²) in [6.45, 7) is 11.8. The Morgan fingerprint density at radius 1 is 1.00 bits per heavy atom. The monoisotopic (exact) mass is 298 g/mol. The molecular weight excluding hydrogens is 271 g/mol. The van der Waals surface area contributed by atoms with E-state index in [9.17, 15) is 4.57 Å². The van der Waals surface area contributed by atoms with Crippen molar-refractivity contribution in [1.29, 1.82) is 0 Å². The van der Waals surface area contributed by atoms with Crippen LogP contribution in [-0.2, 0) is 22.9 Å². The Kier molecular flexibility index (Phi) is 9.38. The third-order valence-electron chi connectivity index (χ3n) is 2.72. The molecule has 0 aromatic rings. The van der Waals surface area contributed by atoms with Gasteiger partial charge in [0.25, 0.3) is 0 Å². The first-order valence-corrected chi connectivity index (χ1v) is 9.88. The number of hydrogen-bond donors (Lipinski definition) is 0. The van der Waals surface area contributed by atoms with Crippen LogP contribution in [-0.4, -0.2) is 46.6 Å². The molecule has 7 heteroatoms. The van der Waals surface area contributed by atoms with Crippen LogP contribution in [0.15, 0.2) is 0 Å². The summed E-state index contributed by atoms with van der Waals surface area (Å²) in [5, 5.41) is 0. The molecule has 0 saturated carbocycles. The Morgan fingerprint density at radius 3 is 1.89 bits per heavy atom. The molecule has 0 N–H and O–H groups in total. The first-order valence-electron chi connectivity index (χ1n) is 6.51. The van der Waals surface area contributed by atoms with Crippen LogP contribution in [0.1, 0.15) is 27.7 Å². The summed E-state index contributed by atoms with van der Waals surface area (Å²) in [6.07, 6.45) is 0. The summed E-state index contributed by atoms with van der Waals surface area (Å²) in [5.41, 5.74) is 0.